The molecule has 0 aliphatic rings. The number of nitrogens with zero attached hydrogens (tertiary/aromatic N) is 2. The van der Waals surface area contributed by atoms with Crippen molar-refractivity contribution < 1.29 is 14.3 Å². The molecule has 6 nitrogen and oxygen atoms in total. The molecule has 0 bridgehead atoms. The van der Waals surface area contributed by atoms with E-state index in [0.29, 0.717) is 6.61 Å². The quantitative estimate of drug-likeness (QED) is 0.332. The number of aromatic nitrogens is 1. The van der Waals surface area contributed by atoms with Crippen molar-refractivity contribution in [3.05, 3.63) is 69.8 Å². The number of carbonyl (C=O) groups is 2. The summed E-state index contributed by atoms with van der Waals surface area (Å²) in [7, 11) is 0. The molecule has 1 aromatic heterocycles. The molecule has 7 heteroatoms. The molecule has 2 aromatic carbocycles. The minimum absolute atomic E-state index is 0.129. The van der Waals surface area contributed by atoms with E-state index in [4.69, 9.17) is 4.74 Å². The van der Waals surface area contributed by atoms with Crippen LogP contribution in [0.3, 0.4) is 0 Å². The zero-order valence-electron chi connectivity index (χ0n) is 16.3. The van der Waals surface area contributed by atoms with Gasteiger partial charge in [0.1, 0.15) is 6.54 Å². The predicted molar refractivity (Wildman–Crippen MR) is 117 cm³/mol. The van der Waals surface area contributed by atoms with Crippen LogP contribution in [0.15, 0.2) is 58.1 Å². The summed E-state index contributed by atoms with van der Waals surface area (Å²) in [6.45, 7) is 4.18. The lowest BCUT2D eigenvalue weighted by Crippen LogP contribution is -2.19. The highest BCUT2D eigenvalue weighted by Gasteiger charge is 2.15. The third-order valence-electron chi connectivity index (χ3n) is 4.53. The molecular weight excluding hydrogens is 434 g/mol. The van der Waals surface area contributed by atoms with Crippen LogP contribution in [0.25, 0.3) is 10.9 Å². The van der Waals surface area contributed by atoms with Crippen LogP contribution in [0.1, 0.15) is 23.7 Å². The lowest BCUT2D eigenvalue weighted by Gasteiger charge is -2.07. The van der Waals surface area contributed by atoms with Crippen molar-refractivity contribution in [2.75, 3.05) is 6.61 Å². The van der Waals surface area contributed by atoms with Crippen LogP contribution in [0.4, 0.5) is 0 Å². The van der Waals surface area contributed by atoms with Gasteiger partial charge in [0.2, 0.25) is 5.91 Å². The summed E-state index contributed by atoms with van der Waals surface area (Å²) in [5.74, 6) is -0.487. The Morgan fingerprint density at radius 3 is 2.62 bits per heavy atom. The van der Waals surface area contributed by atoms with Gasteiger partial charge >= 0.3 is 5.97 Å². The van der Waals surface area contributed by atoms with Crippen molar-refractivity contribution in [3.63, 3.8) is 0 Å². The molecule has 0 radical (unpaired) electrons. The SMILES string of the molecule is CCOC(=O)Cn1c(C)c(/C=N\NC(=O)Cc2ccc(Br)cc2)c2ccccc21. The number of para-hydroxylation sites is 1. The summed E-state index contributed by atoms with van der Waals surface area (Å²) in [4.78, 5) is 24.1. The van der Waals surface area contributed by atoms with Gasteiger partial charge in [0.15, 0.2) is 0 Å². The van der Waals surface area contributed by atoms with E-state index in [-0.39, 0.29) is 24.8 Å². The van der Waals surface area contributed by atoms with E-state index in [2.05, 4.69) is 26.5 Å². The molecule has 0 spiro atoms. The Balaban J connectivity index is 1.77. The number of benzene rings is 2. The van der Waals surface area contributed by atoms with Crippen molar-refractivity contribution in [2.24, 2.45) is 5.10 Å². The molecule has 0 atom stereocenters. The average molecular weight is 456 g/mol. The van der Waals surface area contributed by atoms with E-state index in [1.807, 2.05) is 60.0 Å². The van der Waals surface area contributed by atoms with Crippen molar-refractivity contribution in [3.8, 4) is 0 Å². The molecule has 150 valence electrons. The van der Waals surface area contributed by atoms with E-state index >= 15 is 0 Å². The number of halogens is 1. The Bertz CT molecular complexity index is 1060. The maximum atomic E-state index is 12.2. The molecule has 1 amide bonds. The van der Waals surface area contributed by atoms with Crippen LogP contribution in [-0.2, 0) is 27.3 Å². The largest absolute Gasteiger partial charge is 0.465 e. The fraction of sp³-hybridized carbons (Fsp3) is 0.227. The van der Waals surface area contributed by atoms with Gasteiger partial charge in [0.05, 0.1) is 19.2 Å². The lowest BCUT2D eigenvalue weighted by atomic mass is 10.1. The van der Waals surface area contributed by atoms with Crippen LogP contribution >= 0.6 is 15.9 Å². The van der Waals surface area contributed by atoms with Gasteiger partial charge in [-0.05, 0) is 37.6 Å². The van der Waals surface area contributed by atoms with Crippen LogP contribution in [0.2, 0.25) is 0 Å². The monoisotopic (exact) mass is 455 g/mol. The number of carbonyl (C=O) groups excluding carboxylic acids is 2. The van der Waals surface area contributed by atoms with E-state index in [1.165, 1.54) is 0 Å². The summed E-state index contributed by atoms with van der Waals surface area (Å²) >= 11 is 3.38. The van der Waals surface area contributed by atoms with Crippen molar-refractivity contribution >= 4 is 44.9 Å². The molecule has 3 aromatic rings. The Kier molecular flexibility index (Phi) is 6.82. The van der Waals surface area contributed by atoms with Gasteiger partial charge in [-0.1, -0.05) is 46.3 Å². The van der Waals surface area contributed by atoms with E-state index in [0.717, 1.165) is 32.2 Å². The van der Waals surface area contributed by atoms with Gasteiger partial charge in [-0.15, -0.1) is 0 Å². The third-order valence-corrected chi connectivity index (χ3v) is 5.06. The van der Waals surface area contributed by atoms with E-state index < -0.39 is 0 Å². The molecule has 1 N–H and O–H groups in total. The number of nitrogens with one attached hydrogen (secondary N) is 1. The molecule has 0 unspecified atom stereocenters. The molecule has 0 aliphatic heterocycles. The zero-order chi connectivity index (χ0) is 20.8. The number of ether oxygens (including phenoxy) is 1. The summed E-state index contributed by atoms with van der Waals surface area (Å²) in [5.41, 5.74) is 6.13. The first-order valence-corrected chi connectivity index (χ1v) is 10.1. The maximum Gasteiger partial charge on any atom is 0.325 e. The minimum atomic E-state index is -0.289. The zero-order valence-corrected chi connectivity index (χ0v) is 17.9. The highest BCUT2D eigenvalue weighted by atomic mass is 79.9. The number of rotatable bonds is 7. The Labute approximate surface area is 177 Å². The second kappa shape index (κ2) is 9.52. The molecule has 1 heterocycles. The van der Waals surface area contributed by atoms with Crippen LogP contribution in [0.5, 0.6) is 0 Å². The van der Waals surface area contributed by atoms with Crippen LogP contribution in [-0.4, -0.2) is 29.3 Å². The Morgan fingerprint density at radius 2 is 1.90 bits per heavy atom. The first-order valence-electron chi connectivity index (χ1n) is 9.29. The molecule has 0 aliphatic carbocycles. The van der Waals surface area contributed by atoms with Crippen molar-refractivity contribution in [1.82, 2.24) is 9.99 Å². The predicted octanol–water partition coefficient (Wildman–Crippen LogP) is 3.97. The van der Waals surface area contributed by atoms with Crippen molar-refractivity contribution in [1.29, 1.82) is 0 Å². The average Bonchev–Trinajstić information content (AvgIpc) is 2.96. The van der Waals surface area contributed by atoms with Crippen molar-refractivity contribution in [2.45, 2.75) is 26.8 Å². The van der Waals surface area contributed by atoms with Gasteiger partial charge in [-0.2, -0.15) is 5.10 Å². The fourth-order valence-electron chi connectivity index (χ4n) is 3.16. The highest BCUT2D eigenvalue weighted by Crippen LogP contribution is 2.24. The molecule has 0 saturated carbocycles. The molecule has 0 fully saturated rings. The topological polar surface area (TPSA) is 72.7 Å². The smallest absolute Gasteiger partial charge is 0.325 e. The number of hydrazone groups is 1. The number of hydrogen-bond donors (Lipinski definition) is 1. The molecular formula is C22H22BrN3O3. The number of hydrogen-bond acceptors (Lipinski definition) is 4. The summed E-state index contributed by atoms with van der Waals surface area (Å²) in [6, 6.07) is 15.3. The standard InChI is InChI=1S/C22H22BrN3O3/c1-3-29-22(28)14-26-15(2)19(18-6-4-5-7-20(18)26)13-24-25-21(27)12-16-8-10-17(23)11-9-16/h4-11,13H,3,12,14H2,1-2H3,(H,25,27)/b24-13-. The number of esters is 1. The third kappa shape index (κ3) is 5.12. The molecule has 3 rings (SSSR count). The summed E-state index contributed by atoms with van der Waals surface area (Å²) in [6.07, 6.45) is 1.87. The first kappa shape index (κ1) is 20.8. The Hall–Kier alpha value is -2.93. The van der Waals surface area contributed by atoms with Crippen LogP contribution in [0, 0.1) is 6.92 Å². The summed E-state index contributed by atoms with van der Waals surface area (Å²) in [5, 5.41) is 5.09. The van der Waals surface area contributed by atoms with Crippen LogP contribution < -0.4 is 5.43 Å². The lowest BCUT2D eigenvalue weighted by molar-refractivity contribution is -0.143. The van der Waals surface area contributed by atoms with E-state index in [1.54, 1.807) is 13.1 Å². The second-order valence-electron chi connectivity index (χ2n) is 6.50. The highest BCUT2D eigenvalue weighted by molar-refractivity contribution is 9.10. The van der Waals surface area contributed by atoms with E-state index in [9.17, 15) is 9.59 Å². The van der Waals surface area contributed by atoms with Gasteiger partial charge in [0.25, 0.3) is 0 Å². The van der Waals surface area contributed by atoms with Gasteiger partial charge < -0.3 is 9.30 Å². The number of fused-ring (bicyclic) bond motifs is 1. The summed E-state index contributed by atoms with van der Waals surface area (Å²) < 4.78 is 7.95. The Morgan fingerprint density at radius 1 is 1.17 bits per heavy atom. The molecule has 0 saturated heterocycles. The fourth-order valence-corrected chi connectivity index (χ4v) is 3.42. The number of amides is 1. The first-order chi connectivity index (χ1) is 14.0. The maximum absolute atomic E-state index is 12.2. The van der Waals surface area contributed by atoms with Gasteiger partial charge in [-0.25, -0.2) is 5.43 Å². The van der Waals surface area contributed by atoms with Gasteiger partial charge in [-0.3, -0.25) is 9.59 Å². The second-order valence-corrected chi connectivity index (χ2v) is 7.42. The normalized spacial score (nSPS) is 11.1. The molecule has 29 heavy (non-hydrogen) atoms. The minimum Gasteiger partial charge on any atom is -0.465 e. The van der Waals surface area contributed by atoms with Gasteiger partial charge in [0, 0.05) is 26.6 Å².